The Labute approximate surface area is 247 Å². The van der Waals surface area contributed by atoms with Gasteiger partial charge in [-0.2, -0.15) is 5.26 Å². The smallest absolute Gasteiger partial charge is 0.337 e. The van der Waals surface area contributed by atoms with Crippen molar-refractivity contribution in [1.29, 1.82) is 5.26 Å². The molecule has 8 heteroatoms. The third kappa shape index (κ3) is 5.68. The number of hydrogen-bond donors (Lipinski definition) is 0. The van der Waals surface area contributed by atoms with Crippen LogP contribution in [0.1, 0.15) is 58.6 Å². The fourth-order valence-electron chi connectivity index (χ4n) is 5.67. The second kappa shape index (κ2) is 12.1. The molecule has 41 heavy (non-hydrogen) atoms. The van der Waals surface area contributed by atoms with Gasteiger partial charge >= 0.3 is 5.97 Å². The van der Waals surface area contributed by atoms with Crippen LogP contribution in [0.4, 0.5) is 0 Å². The van der Waals surface area contributed by atoms with Gasteiger partial charge in [-0.25, -0.2) is 4.79 Å². The third-order valence-electron chi connectivity index (χ3n) is 7.64. The van der Waals surface area contributed by atoms with Crippen LogP contribution in [0.5, 0.6) is 11.5 Å². The zero-order chi connectivity index (χ0) is 29.1. The Morgan fingerprint density at radius 1 is 1.05 bits per heavy atom. The van der Waals surface area contributed by atoms with E-state index in [4.69, 9.17) is 19.2 Å². The van der Waals surface area contributed by atoms with Crippen LogP contribution in [0.2, 0.25) is 0 Å². The van der Waals surface area contributed by atoms with Crippen molar-refractivity contribution in [3.63, 3.8) is 0 Å². The van der Waals surface area contributed by atoms with Crippen LogP contribution in [0.15, 0.2) is 87.5 Å². The number of ether oxygens (including phenoxy) is 3. The molecule has 7 nitrogen and oxygen atoms in total. The van der Waals surface area contributed by atoms with Crippen LogP contribution in [0.3, 0.4) is 0 Å². The van der Waals surface area contributed by atoms with Crippen molar-refractivity contribution in [1.82, 2.24) is 0 Å². The number of nitrogens with zero attached hydrogens (tertiary/aromatic N) is 2. The maximum atomic E-state index is 13.7. The van der Waals surface area contributed by atoms with E-state index in [1.165, 1.54) is 7.11 Å². The number of esters is 1. The Balaban J connectivity index is 1.48. The van der Waals surface area contributed by atoms with Gasteiger partial charge in [-0.3, -0.25) is 9.79 Å². The SMILES string of the molecule is COC(=O)c1cccc(COc2c(Br)cc(C3C4=C(CC(c5ccccc5)CC4=O)N=C(C)C3C#N)cc2OC)c1. The number of aliphatic imine (C=N–C) groups is 1. The van der Waals surface area contributed by atoms with E-state index < -0.39 is 17.8 Å². The highest BCUT2D eigenvalue weighted by Crippen LogP contribution is 2.49. The lowest BCUT2D eigenvalue weighted by molar-refractivity contribution is -0.116. The molecule has 5 rings (SSSR count). The largest absolute Gasteiger partial charge is 0.493 e. The van der Waals surface area contributed by atoms with E-state index in [1.54, 1.807) is 25.3 Å². The number of ketones is 1. The number of hydrogen-bond acceptors (Lipinski definition) is 7. The first kappa shape index (κ1) is 28.3. The van der Waals surface area contributed by atoms with E-state index in [1.807, 2.05) is 55.5 Å². The van der Waals surface area contributed by atoms with Gasteiger partial charge in [-0.15, -0.1) is 0 Å². The van der Waals surface area contributed by atoms with E-state index in [-0.39, 0.29) is 18.3 Å². The standard InChI is InChI=1S/C33H29BrN2O5/c1-19-25(17-35)30(31-27(36-19)14-23(15-28(31)37)21-9-5-4-6-10-21)24-13-26(34)32(29(16-24)39-2)41-18-20-8-7-11-22(12-20)33(38)40-3/h4-13,16,23,25,30H,14-15,18H2,1-3H3. The summed E-state index contributed by atoms with van der Waals surface area (Å²) in [7, 11) is 2.89. The highest BCUT2D eigenvalue weighted by molar-refractivity contribution is 9.10. The Morgan fingerprint density at radius 3 is 2.54 bits per heavy atom. The summed E-state index contributed by atoms with van der Waals surface area (Å²) in [6.45, 7) is 2.04. The Hall–Kier alpha value is -4.22. The predicted octanol–water partition coefficient (Wildman–Crippen LogP) is 6.92. The number of carbonyl (C=O) groups excluding carboxylic acids is 2. The maximum absolute atomic E-state index is 13.7. The molecule has 0 amide bonds. The fourth-order valence-corrected chi connectivity index (χ4v) is 6.24. The maximum Gasteiger partial charge on any atom is 0.337 e. The lowest BCUT2D eigenvalue weighted by atomic mass is 9.69. The molecule has 2 aliphatic rings. The molecule has 0 aromatic heterocycles. The summed E-state index contributed by atoms with van der Waals surface area (Å²) >= 11 is 3.63. The number of methoxy groups -OCH3 is 2. The summed E-state index contributed by atoms with van der Waals surface area (Å²) in [6.07, 6.45) is 1.01. The minimum Gasteiger partial charge on any atom is -0.493 e. The van der Waals surface area contributed by atoms with Gasteiger partial charge in [0.25, 0.3) is 0 Å². The zero-order valence-electron chi connectivity index (χ0n) is 23.0. The molecular weight excluding hydrogens is 584 g/mol. The van der Waals surface area contributed by atoms with Crippen molar-refractivity contribution in [2.24, 2.45) is 10.9 Å². The van der Waals surface area contributed by atoms with Crippen LogP contribution in [-0.2, 0) is 16.1 Å². The lowest BCUT2D eigenvalue weighted by Crippen LogP contribution is -2.32. The monoisotopic (exact) mass is 612 g/mol. The van der Waals surface area contributed by atoms with E-state index in [9.17, 15) is 14.9 Å². The molecule has 3 aromatic rings. The molecule has 1 aliphatic carbocycles. The van der Waals surface area contributed by atoms with Gasteiger partial charge in [-0.1, -0.05) is 42.5 Å². The zero-order valence-corrected chi connectivity index (χ0v) is 24.6. The summed E-state index contributed by atoms with van der Waals surface area (Å²) in [6, 6.07) is 23.2. The van der Waals surface area contributed by atoms with Gasteiger partial charge in [0.2, 0.25) is 0 Å². The van der Waals surface area contributed by atoms with Gasteiger partial charge in [0.1, 0.15) is 6.61 Å². The molecule has 3 unspecified atom stereocenters. The predicted molar refractivity (Wildman–Crippen MR) is 158 cm³/mol. The second-order valence-electron chi connectivity index (χ2n) is 10.2. The molecule has 1 aliphatic heterocycles. The van der Waals surface area contributed by atoms with Crippen LogP contribution < -0.4 is 9.47 Å². The van der Waals surface area contributed by atoms with Crippen molar-refractivity contribution >= 4 is 33.4 Å². The number of benzene rings is 3. The highest BCUT2D eigenvalue weighted by atomic mass is 79.9. The Kier molecular flexibility index (Phi) is 8.36. The molecule has 3 aromatic carbocycles. The van der Waals surface area contributed by atoms with E-state index in [0.717, 1.165) is 22.4 Å². The van der Waals surface area contributed by atoms with Gasteiger partial charge in [0, 0.05) is 29.3 Å². The Morgan fingerprint density at radius 2 is 1.83 bits per heavy atom. The topological polar surface area (TPSA) is 98.0 Å². The molecule has 0 N–H and O–H groups in total. The van der Waals surface area contributed by atoms with E-state index >= 15 is 0 Å². The molecule has 3 atom stereocenters. The van der Waals surface area contributed by atoms with E-state index in [2.05, 4.69) is 22.0 Å². The molecule has 0 spiro atoms. The van der Waals surface area contributed by atoms with Gasteiger partial charge < -0.3 is 14.2 Å². The second-order valence-corrected chi connectivity index (χ2v) is 11.0. The highest BCUT2D eigenvalue weighted by Gasteiger charge is 2.41. The first-order valence-electron chi connectivity index (χ1n) is 13.3. The molecule has 0 bridgehead atoms. The summed E-state index contributed by atoms with van der Waals surface area (Å²) in [5, 5.41) is 10.2. The van der Waals surface area contributed by atoms with Crippen LogP contribution in [0, 0.1) is 17.2 Å². The fraction of sp³-hybridized carbons (Fsp3) is 0.273. The normalized spacial score (nSPS) is 20.0. The third-order valence-corrected chi connectivity index (χ3v) is 8.23. The summed E-state index contributed by atoms with van der Waals surface area (Å²) in [5.41, 5.74) is 5.16. The Bertz CT molecular complexity index is 1610. The minimum absolute atomic E-state index is 0.0162. The summed E-state index contributed by atoms with van der Waals surface area (Å²) in [4.78, 5) is 30.4. The average Bonchev–Trinajstić information content (AvgIpc) is 2.99. The molecule has 208 valence electrons. The van der Waals surface area contributed by atoms with Gasteiger partial charge in [0.05, 0.1) is 36.2 Å². The molecule has 0 radical (unpaired) electrons. The van der Waals surface area contributed by atoms with Gasteiger partial charge in [-0.05, 0) is 76.1 Å². The molecule has 0 saturated carbocycles. The number of allylic oxidation sites excluding steroid dienone is 2. The van der Waals surface area contributed by atoms with Crippen molar-refractivity contribution < 1.29 is 23.8 Å². The van der Waals surface area contributed by atoms with Crippen molar-refractivity contribution in [3.05, 3.63) is 105 Å². The van der Waals surface area contributed by atoms with E-state index in [0.29, 0.717) is 45.7 Å². The molecule has 0 fully saturated rings. The van der Waals surface area contributed by atoms with Crippen molar-refractivity contribution in [2.75, 3.05) is 14.2 Å². The van der Waals surface area contributed by atoms with Crippen LogP contribution >= 0.6 is 15.9 Å². The number of halogens is 1. The van der Waals surface area contributed by atoms with Crippen molar-refractivity contribution in [3.8, 4) is 17.6 Å². The summed E-state index contributed by atoms with van der Waals surface area (Å²) < 4.78 is 17.3. The number of carbonyl (C=O) groups is 2. The number of nitriles is 1. The molecule has 1 heterocycles. The minimum atomic E-state index is -0.588. The average molecular weight is 614 g/mol. The molecular formula is C33H29BrN2O5. The first-order chi connectivity index (χ1) is 19.8. The molecule has 0 saturated heterocycles. The summed E-state index contributed by atoms with van der Waals surface area (Å²) in [5.74, 6) is -0.487. The first-order valence-corrected chi connectivity index (χ1v) is 14.1. The van der Waals surface area contributed by atoms with Gasteiger partial charge in [0.15, 0.2) is 17.3 Å². The number of Topliss-reactive ketones (excluding diaryl/α,β-unsaturated/α-hetero) is 1. The van der Waals surface area contributed by atoms with Crippen LogP contribution in [-0.4, -0.2) is 31.7 Å². The van der Waals surface area contributed by atoms with Crippen LogP contribution in [0.25, 0.3) is 0 Å². The number of rotatable bonds is 7. The quantitative estimate of drug-likeness (QED) is 0.268. The lowest BCUT2D eigenvalue weighted by Gasteiger charge is -2.35. The van der Waals surface area contributed by atoms with Crippen molar-refractivity contribution in [2.45, 2.75) is 38.2 Å².